The molecule has 0 spiro atoms. The van der Waals surface area contributed by atoms with Gasteiger partial charge in [0.05, 0.1) is 86.0 Å². The molecular weight excluding hydrogens is 989 g/mol. The molecule has 8 fully saturated rings. The van der Waals surface area contributed by atoms with Crippen molar-refractivity contribution >= 4 is 0 Å². The minimum Gasteiger partial charge on any atom is -0.392 e. The summed E-state index contributed by atoms with van der Waals surface area (Å²) in [5, 5.41) is 21.9. The van der Waals surface area contributed by atoms with E-state index in [2.05, 4.69) is 118 Å². The Balaban J connectivity index is 0.859. The normalized spacial score (nSPS) is 54.6. The Bertz CT molecular complexity index is 1800. The van der Waals surface area contributed by atoms with Crippen molar-refractivity contribution < 1.29 is 76.5 Å². The summed E-state index contributed by atoms with van der Waals surface area (Å²) in [7, 11) is 0. The lowest BCUT2D eigenvalue weighted by Gasteiger charge is -2.52. The lowest BCUT2D eigenvalue weighted by atomic mass is 9.80. The van der Waals surface area contributed by atoms with Crippen molar-refractivity contribution in [2.24, 2.45) is 76.9 Å². The van der Waals surface area contributed by atoms with Crippen LogP contribution in [-0.2, 0) is 66.3 Å². The van der Waals surface area contributed by atoms with E-state index in [0.29, 0.717) is 6.61 Å². The van der Waals surface area contributed by atoms with Crippen molar-refractivity contribution in [1.29, 1.82) is 0 Å². The summed E-state index contributed by atoms with van der Waals surface area (Å²) < 4.78 is 94.6. The number of hydrogen-bond donors (Lipinski definition) is 2. The summed E-state index contributed by atoms with van der Waals surface area (Å²) >= 11 is 0. The molecule has 16 unspecified atom stereocenters. The predicted molar refractivity (Wildman–Crippen MR) is 289 cm³/mol. The summed E-state index contributed by atoms with van der Waals surface area (Å²) in [6.45, 7) is 41.7. The minimum atomic E-state index is -0.749. The molecule has 77 heavy (non-hydrogen) atoms. The lowest BCUT2D eigenvalue weighted by molar-refractivity contribution is -0.369. The molecule has 0 radical (unpaired) electrons. The van der Waals surface area contributed by atoms with E-state index in [0.717, 1.165) is 38.5 Å². The van der Waals surface area contributed by atoms with Crippen LogP contribution in [0.15, 0.2) is 0 Å². The van der Waals surface area contributed by atoms with Gasteiger partial charge in [-0.3, -0.25) is 0 Å². The Kier molecular flexibility index (Phi) is 21.5. The molecule has 0 saturated carbocycles. The zero-order chi connectivity index (χ0) is 56.1. The molecular formula is C61H108O16. The second-order valence-electron chi connectivity index (χ2n) is 25.8. The highest BCUT2D eigenvalue weighted by molar-refractivity contribution is 4.97. The molecule has 0 aliphatic carbocycles. The van der Waals surface area contributed by atoms with E-state index in [1.165, 1.54) is 0 Å². The zero-order valence-corrected chi connectivity index (χ0v) is 50.8. The van der Waals surface area contributed by atoms with E-state index < -0.39 is 56.2 Å². The largest absolute Gasteiger partial charge is 0.392 e. The van der Waals surface area contributed by atoms with E-state index in [-0.39, 0.29) is 156 Å². The van der Waals surface area contributed by atoms with Gasteiger partial charge in [0, 0.05) is 47.3 Å². The first kappa shape index (κ1) is 62.4. The van der Waals surface area contributed by atoms with E-state index >= 15 is 0 Å². The van der Waals surface area contributed by atoms with Crippen LogP contribution in [-0.4, -0.2) is 152 Å². The molecule has 35 atom stereocenters. The van der Waals surface area contributed by atoms with Gasteiger partial charge in [0.2, 0.25) is 0 Å². The first-order valence-corrected chi connectivity index (χ1v) is 31.1. The van der Waals surface area contributed by atoms with Gasteiger partial charge < -0.3 is 76.5 Å². The molecule has 0 amide bonds. The highest BCUT2D eigenvalue weighted by atomic mass is 16.8. The van der Waals surface area contributed by atoms with Crippen molar-refractivity contribution in [3.05, 3.63) is 0 Å². The van der Waals surface area contributed by atoms with Crippen LogP contribution in [0.1, 0.15) is 170 Å². The third-order valence-corrected chi connectivity index (χ3v) is 21.3. The number of aliphatic hydroxyl groups excluding tert-OH is 2. The van der Waals surface area contributed by atoms with Crippen molar-refractivity contribution in [3.63, 3.8) is 0 Å². The van der Waals surface area contributed by atoms with Gasteiger partial charge in [0.15, 0.2) is 44.0 Å². The molecule has 8 rings (SSSR count). The van der Waals surface area contributed by atoms with Crippen molar-refractivity contribution in [2.75, 3.05) is 6.61 Å². The van der Waals surface area contributed by atoms with Crippen LogP contribution in [0, 0.1) is 76.9 Å². The molecule has 2 N–H and O–H groups in total. The van der Waals surface area contributed by atoms with Gasteiger partial charge in [0.1, 0.15) is 12.2 Å². The first-order valence-electron chi connectivity index (χ1n) is 31.1. The van der Waals surface area contributed by atoms with Crippen LogP contribution in [0.3, 0.4) is 0 Å². The highest BCUT2D eigenvalue weighted by Crippen LogP contribution is 2.47. The number of hydrogen-bond acceptors (Lipinski definition) is 16. The number of ether oxygens (including phenoxy) is 14. The fourth-order valence-electron chi connectivity index (χ4n) is 14.4. The van der Waals surface area contributed by atoms with E-state index in [1.54, 1.807) is 0 Å². The average molecular weight is 1100 g/mol. The molecule has 8 aliphatic rings. The predicted octanol–water partition coefficient (Wildman–Crippen LogP) is 9.85. The summed E-state index contributed by atoms with van der Waals surface area (Å²) in [4.78, 5) is 0. The Hall–Kier alpha value is -0.640. The maximum atomic E-state index is 11.1. The van der Waals surface area contributed by atoms with Crippen LogP contribution in [0.25, 0.3) is 0 Å². The van der Waals surface area contributed by atoms with Crippen molar-refractivity contribution in [2.45, 2.75) is 306 Å². The first-order chi connectivity index (χ1) is 36.6. The topological polar surface area (TPSA) is 170 Å². The molecule has 448 valence electrons. The Morgan fingerprint density at radius 3 is 0.831 bits per heavy atom. The van der Waals surface area contributed by atoms with E-state index in [1.807, 2.05) is 13.8 Å². The van der Waals surface area contributed by atoms with Crippen LogP contribution < -0.4 is 0 Å². The molecule has 16 nitrogen and oxygen atoms in total. The molecule has 0 aromatic heterocycles. The number of rotatable bonds is 18. The van der Waals surface area contributed by atoms with Crippen LogP contribution >= 0.6 is 0 Å². The third kappa shape index (κ3) is 12.5. The van der Waals surface area contributed by atoms with Gasteiger partial charge in [0.25, 0.3) is 0 Å². The minimum absolute atomic E-state index is 0.0182. The Labute approximate surface area is 464 Å². The van der Waals surface area contributed by atoms with Gasteiger partial charge in [-0.1, -0.05) is 132 Å². The molecule has 16 heteroatoms. The Morgan fingerprint density at radius 2 is 0.545 bits per heavy atom. The zero-order valence-electron chi connectivity index (χ0n) is 50.8. The molecule has 0 aromatic carbocycles. The Morgan fingerprint density at radius 1 is 0.286 bits per heavy atom. The van der Waals surface area contributed by atoms with Gasteiger partial charge in [-0.25, -0.2) is 0 Å². The molecule has 8 heterocycles. The van der Waals surface area contributed by atoms with Crippen LogP contribution in [0.2, 0.25) is 0 Å². The highest BCUT2D eigenvalue weighted by Gasteiger charge is 2.56. The van der Waals surface area contributed by atoms with Crippen molar-refractivity contribution in [1.82, 2.24) is 0 Å². The van der Waals surface area contributed by atoms with Gasteiger partial charge >= 0.3 is 0 Å². The van der Waals surface area contributed by atoms with Gasteiger partial charge in [-0.05, 0) is 68.1 Å². The fraction of sp³-hybridized carbons (Fsp3) is 1.00. The molecule has 0 aromatic rings. The molecule has 8 saturated heterocycles. The monoisotopic (exact) mass is 1100 g/mol. The second kappa shape index (κ2) is 26.5. The molecule has 2 bridgehead atoms. The maximum absolute atomic E-state index is 11.1. The SMILES string of the molecule is CCC1O[C@@H](O[C@@H]2C(CC)O[C@@H](O[C@@H]3C(CC)O[C@@H](O[C@H]4C(C)C(O)[C@@H]5OC[C@@H]4O5)C(C)[C@H]3C)C(C)[C@H]2C)C(C)C(C)[C@@H]1O[C@H]1OC(CC)[C@@H](O[C@@H]2OC(CC)[C@@H](O[C@@H]3OC(CC)[C@@H](C)[C@H](O)C3C)[C@H](C)C2C)C(C)C1C. The fourth-order valence-corrected chi connectivity index (χ4v) is 14.4. The summed E-state index contributed by atoms with van der Waals surface area (Å²) in [6.07, 6.45) is -2.50. The number of fused-ring (bicyclic) bond motifs is 2. The summed E-state index contributed by atoms with van der Waals surface area (Å²) in [6, 6.07) is 0. The quantitative estimate of drug-likeness (QED) is 0.133. The average Bonchev–Trinajstić information content (AvgIpc) is 3.94. The van der Waals surface area contributed by atoms with Gasteiger partial charge in [-0.2, -0.15) is 0 Å². The third-order valence-electron chi connectivity index (χ3n) is 21.3. The standard InChI is InChI=1S/C61H108O16/c1-20-40-37(17)47(62)39(19)60(65-40)76-53-31(11)35(15)58(69-45(53)25-6)74-51-29(9)33(13)56(67-43(51)23-4)72-49-27(7)32(12)55(66-41(49)21-2)73-50-28(8)34(14)57(68-42(50)22-3)75-52-30(10)36(16)59(70-44(52)24-5)77-54-38(18)48(63)61-64-26-46(54)71-61/h27-63H,20-26H2,1-19H3/t27?,28-,29?,30-,31-,32?,33?,34?,35?,36?,37-,38?,39?,40?,41?,42?,43?,44?,45?,46+,47+,48?,49+,50+,51+,52+,53+,54+,55+,56-,57+,58+,59+,60+,61-/m1/s1. The van der Waals surface area contributed by atoms with Crippen molar-refractivity contribution in [3.8, 4) is 0 Å². The van der Waals surface area contributed by atoms with E-state index in [4.69, 9.17) is 66.3 Å². The van der Waals surface area contributed by atoms with Crippen LogP contribution in [0.4, 0.5) is 0 Å². The van der Waals surface area contributed by atoms with Gasteiger partial charge in [-0.15, -0.1) is 0 Å². The van der Waals surface area contributed by atoms with E-state index in [9.17, 15) is 10.2 Å². The molecule has 8 aliphatic heterocycles. The van der Waals surface area contributed by atoms with Crippen LogP contribution in [0.5, 0.6) is 0 Å². The maximum Gasteiger partial charge on any atom is 0.184 e. The smallest absolute Gasteiger partial charge is 0.184 e. The number of aliphatic hydroxyl groups is 2. The summed E-state index contributed by atoms with van der Waals surface area (Å²) in [5.41, 5.74) is 0. The lowest BCUT2D eigenvalue weighted by Crippen LogP contribution is -2.60. The second-order valence-corrected chi connectivity index (χ2v) is 25.8. The summed E-state index contributed by atoms with van der Waals surface area (Å²) in [5.74, 6) is 0.503.